The molecule has 132 valence electrons. The van der Waals surface area contributed by atoms with Crippen LogP contribution in [0.15, 0.2) is 15.0 Å². The van der Waals surface area contributed by atoms with Gasteiger partial charge in [0.15, 0.2) is 0 Å². The smallest absolute Gasteiger partial charge is 0.277 e. The number of aryl methyl sites for hydroxylation is 1. The number of nitrogens with one attached hydrogen (secondary N) is 1. The minimum absolute atomic E-state index is 0.00104. The maximum atomic E-state index is 11.9. The molecule has 0 saturated carbocycles. The average molecular weight is 369 g/mol. The summed E-state index contributed by atoms with van der Waals surface area (Å²) in [6, 6.07) is 0.204. The fourth-order valence-corrected chi connectivity index (χ4v) is 3.43. The summed E-state index contributed by atoms with van der Waals surface area (Å²) >= 11 is 2.86. The van der Waals surface area contributed by atoms with Crippen LogP contribution < -0.4 is 5.32 Å². The Bertz CT molecular complexity index is 642. The van der Waals surface area contributed by atoms with Gasteiger partial charge in [-0.2, -0.15) is 0 Å². The van der Waals surface area contributed by atoms with Gasteiger partial charge in [0.05, 0.1) is 22.9 Å². The summed E-state index contributed by atoms with van der Waals surface area (Å²) in [4.78, 5) is 16.3. The first kappa shape index (κ1) is 18.9. The van der Waals surface area contributed by atoms with Crippen LogP contribution in [0.1, 0.15) is 56.1 Å². The van der Waals surface area contributed by atoms with Gasteiger partial charge in [-0.1, -0.05) is 37.9 Å². The van der Waals surface area contributed by atoms with Crippen molar-refractivity contribution >= 4 is 29.0 Å². The van der Waals surface area contributed by atoms with Crippen LogP contribution in [0.5, 0.6) is 0 Å². The van der Waals surface area contributed by atoms with Crippen molar-refractivity contribution in [2.24, 2.45) is 0 Å². The van der Waals surface area contributed by atoms with E-state index in [1.54, 1.807) is 11.3 Å². The second-order valence-electron chi connectivity index (χ2n) is 5.75. The number of rotatable bonds is 10. The van der Waals surface area contributed by atoms with Gasteiger partial charge in [-0.25, -0.2) is 4.98 Å². The van der Waals surface area contributed by atoms with Crippen molar-refractivity contribution < 1.29 is 9.21 Å². The van der Waals surface area contributed by atoms with Crippen molar-refractivity contribution in [1.29, 1.82) is 0 Å². The van der Waals surface area contributed by atoms with Crippen LogP contribution in [0.4, 0.5) is 0 Å². The zero-order valence-electron chi connectivity index (χ0n) is 14.4. The first-order valence-electron chi connectivity index (χ1n) is 8.22. The van der Waals surface area contributed by atoms with Crippen LogP contribution in [0.2, 0.25) is 0 Å². The predicted molar refractivity (Wildman–Crippen MR) is 96.4 cm³/mol. The number of carbonyl (C=O) groups is 1. The van der Waals surface area contributed by atoms with Crippen molar-refractivity contribution in [2.75, 3.05) is 5.75 Å². The summed E-state index contributed by atoms with van der Waals surface area (Å²) in [6.07, 6.45) is 5.09. The Labute approximate surface area is 150 Å². The molecule has 1 atom stereocenters. The van der Waals surface area contributed by atoms with E-state index in [2.05, 4.69) is 27.4 Å². The lowest BCUT2D eigenvalue weighted by Crippen LogP contribution is -2.33. The van der Waals surface area contributed by atoms with E-state index < -0.39 is 0 Å². The molecule has 2 rings (SSSR count). The van der Waals surface area contributed by atoms with Crippen molar-refractivity contribution in [3.05, 3.63) is 22.0 Å². The summed E-state index contributed by atoms with van der Waals surface area (Å²) < 4.78 is 5.56. The molecule has 24 heavy (non-hydrogen) atoms. The SMILES string of the molecule is CCCCCC(C)NC(=O)CSc1nnc(Cc2csc(C)n2)o1. The van der Waals surface area contributed by atoms with Gasteiger partial charge >= 0.3 is 0 Å². The third-order valence-electron chi connectivity index (χ3n) is 3.42. The predicted octanol–water partition coefficient (Wildman–Crippen LogP) is 3.60. The Morgan fingerprint density at radius 1 is 1.42 bits per heavy atom. The maximum absolute atomic E-state index is 11.9. The fourth-order valence-electron chi connectivity index (χ4n) is 2.23. The van der Waals surface area contributed by atoms with Crippen LogP contribution in [0.25, 0.3) is 0 Å². The topological polar surface area (TPSA) is 80.9 Å². The Morgan fingerprint density at radius 3 is 2.96 bits per heavy atom. The van der Waals surface area contributed by atoms with E-state index in [-0.39, 0.29) is 17.7 Å². The zero-order chi connectivity index (χ0) is 17.4. The zero-order valence-corrected chi connectivity index (χ0v) is 16.0. The molecule has 1 unspecified atom stereocenters. The lowest BCUT2D eigenvalue weighted by atomic mass is 10.1. The van der Waals surface area contributed by atoms with Gasteiger partial charge in [-0.05, 0) is 20.3 Å². The largest absolute Gasteiger partial charge is 0.416 e. The highest BCUT2D eigenvalue weighted by atomic mass is 32.2. The first-order valence-corrected chi connectivity index (χ1v) is 10.1. The summed E-state index contributed by atoms with van der Waals surface area (Å²) in [5.74, 6) is 0.810. The Hall–Kier alpha value is -1.41. The Kier molecular flexibility index (Phi) is 7.71. The molecule has 0 bridgehead atoms. The number of thioether (sulfide) groups is 1. The minimum Gasteiger partial charge on any atom is -0.416 e. The molecule has 0 aromatic carbocycles. The number of nitrogens with zero attached hydrogens (tertiary/aromatic N) is 3. The third-order valence-corrected chi connectivity index (χ3v) is 5.06. The third kappa shape index (κ3) is 6.60. The van der Waals surface area contributed by atoms with E-state index in [1.807, 2.05) is 19.2 Å². The fraction of sp³-hybridized carbons (Fsp3) is 0.625. The molecule has 0 aliphatic carbocycles. The van der Waals surface area contributed by atoms with Crippen molar-refractivity contribution in [3.8, 4) is 0 Å². The van der Waals surface area contributed by atoms with Crippen LogP contribution in [0.3, 0.4) is 0 Å². The molecule has 0 saturated heterocycles. The highest BCUT2D eigenvalue weighted by Gasteiger charge is 2.12. The number of amides is 1. The summed E-state index contributed by atoms with van der Waals surface area (Å²) in [5.41, 5.74) is 0.927. The molecule has 0 radical (unpaired) electrons. The van der Waals surface area contributed by atoms with Crippen molar-refractivity contribution in [2.45, 2.75) is 64.1 Å². The molecule has 8 heteroatoms. The van der Waals surface area contributed by atoms with Crippen LogP contribution >= 0.6 is 23.1 Å². The van der Waals surface area contributed by atoms with Crippen molar-refractivity contribution in [3.63, 3.8) is 0 Å². The molecule has 2 aromatic heterocycles. The van der Waals surface area contributed by atoms with E-state index in [4.69, 9.17) is 4.42 Å². The van der Waals surface area contributed by atoms with Gasteiger partial charge in [0.2, 0.25) is 11.8 Å². The van der Waals surface area contributed by atoms with Crippen LogP contribution in [-0.4, -0.2) is 32.9 Å². The molecule has 0 aliphatic rings. The highest BCUT2D eigenvalue weighted by Crippen LogP contribution is 2.18. The van der Waals surface area contributed by atoms with E-state index >= 15 is 0 Å². The molecular formula is C16H24N4O2S2. The van der Waals surface area contributed by atoms with E-state index in [0.29, 0.717) is 17.5 Å². The maximum Gasteiger partial charge on any atom is 0.277 e. The van der Waals surface area contributed by atoms with Crippen LogP contribution in [0, 0.1) is 6.92 Å². The van der Waals surface area contributed by atoms with Gasteiger partial charge < -0.3 is 9.73 Å². The Morgan fingerprint density at radius 2 is 2.25 bits per heavy atom. The normalized spacial score (nSPS) is 12.3. The molecular weight excluding hydrogens is 344 g/mol. The molecule has 1 N–H and O–H groups in total. The summed E-state index contributed by atoms with van der Waals surface area (Å²) in [5, 5.41) is 14.4. The standard InChI is InChI=1S/C16H24N4O2S2/c1-4-5-6-7-11(2)17-14(21)10-24-16-20-19-15(22-16)8-13-9-23-12(3)18-13/h9,11H,4-8,10H2,1-3H3,(H,17,21). The number of hydrogen-bond donors (Lipinski definition) is 1. The molecule has 2 heterocycles. The van der Waals surface area contributed by atoms with Gasteiger partial charge in [0, 0.05) is 11.4 Å². The average Bonchev–Trinajstić information content (AvgIpc) is 3.15. The van der Waals surface area contributed by atoms with Gasteiger partial charge in [0.25, 0.3) is 5.22 Å². The van der Waals surface area contributed by atoms with Crippen molar-refractivity contribution in [1.82, 2.24) is 20.5 Å². The Balaban J connectivity index is 1.71. The lowest BCUT2D eigenvalue weighted by molar-refractivity contribution is -0.119. The monoisotopic (exact) mass is 368 g/mol. The number of carbonyl (C=O) groups excluding carboxylic acids is 1. The molecule has 0 aliphatic heterocycles. The second kappa shape index (κ2) is 9.78. The van der Waals surface area contributed by atoms with Crippen LogP contribution in [-0.2, 0) is 11.2 Å². The van der Waals surface area contributed by atoms with Gasteiger partial charge in [-0.15, -0.1) is 21.5 Å². The minimum atomic E-state index is -0.00104. The van der Waals surface area contributed by atoms with E-state index in [1.165, 1.54) is 24.6 Å². The molecule has 2 aromatic rings. The highest BCUT2D eigenvalue weighted by molar-refractivity contribution is 7.99. The summed E-state index contributed by atoms with van der Waals surface area (Å²) in [7, 11) is 0. The first-order chi connectivity index (χ1) is 11.6. The number of hydrogen-bond acceptors (Lipinski definition) is 7. The number of unbranched alkanes of at least 4 members (excludes halogenated alkanes) is 2. The van der Waals surface area contributed by atoms with E-state index in [0.717, 1.165) is 23.5 Å². The molecule has 6 nitrogen and oxygen atoms in total. The molecule has 0 spiro atoms. The lowest BCUT2D eigenvalue weighted by Gasteiger charge is -2.12. The number of aromatic nitrogens is 3. The van der Waals surface area contributed by atoms with Gasteiger partial charge in [0.1, 0.15) is 0 Å². The number of thiazole rings is 1. The van der Waals surface area contributed by atoms with Gasteiger partial charge in [-0.3, -0.25) is 4.79 Å². The summed E-state index contributed by atoms with van der Waals surface area (Å²) in [6.45, 7) is 6.18. The molecule has 1 amide bonds. The molecule has 0 fully saturated rings. The quantitative estimate of drug-likeness (QED) is 0.510. The van der Waals surface area contributed by atoms with E-state index in [9.17, 15) is 4.79 Å². The second-order valence-corrected chi connectivity index (χ2v) is 7.74.